The van der Waals surface area contributed by atoms with Gasteiger partial charge < -0.3 is 19.9 Å². The fraction of sp³-hybridized carbons (Fsp3) is 0.304. The van der Waals surface area contributed by atoms with Gasteiger partial charge in [-0.3, -0.25) is 9.59 Å². The van der Waals surface area contributed by atoms with Crippen molar-refractivity contribution < 1.29 is 14.3 Å². The number of hydrogen-bond acceptors (Lipinski definition) is 4. The SMILES string of the molecule is COc1cccc(/C=C/C(=O)N(C)CC(=O)Nc2ccc(N3CCCC3)cc2)c1. The van der Waals surface area contributed by atoms with Gasteiger partial charge in [0.15, 0.2) is 0 Å². The number of carbonyl (C=O) groups is 2. The molecule has 6 heteroatoms. The minimum atomic E-state index is -0.243. The van der Waals surface area contributed by atoms with E-state index in [4.69, 9.17) is 4.74 Å². The number of methoxy groups -OCH3 is 1. The van der Waals surface area contributed by atoms with E-state index in [0.717, 1.165) is 30.1 Å². The van der Waals surface area contributed by atoms with Gasteiger partial charge in [-0.05, 0) is 60.9 Å². The van der Waals surface area contributed by atoms with Gasteiger partial charge >= 0.3 is 0 Å². The molecular formula is C23H27N3O3. The van der Waals surface area contributed by atoms with Crippen LogP contribution >= 0.6 is 0 Å². The second kappa shape index (κ2) is 9.78. The Morgan fingerprint density at radius 1 is 1.14 bits per heavy atom. The van der Waals surface area contributed by atoms with Gasteiger partial charge in [-0.1, -0.05) is 12.1 Å². The zero-order chi connectivity index (χ0) is 20.6. The van der Waals surface area contributed by atoms with E-state index in [9.17, 15) is 9.59 Å². The molecule has 3 rings (SSSR count). The Balaban J connectivity index is 1.50. The van der Waals surface area contributed by atoms with Crippen molar-refractivity contribution in [1.29, 1.82) is 0 Å². The Morgan fingerprint density at radius 3 is 2.55 bits per heavy atom. The topological polar surface area (TPSA) is 61.9 Å². The molecule has 0 saturated carbocycles. The van der Waals surface area contributed by atoms with E-state index in [0.29, 0.717) is 0 Å². The largest absolute Gasteiger partial charge is 0.497 e. The molecule has 2 amide bonds. The second-order valence-corrected chi connectivity index (χ2v) is 7.09. The summed E-state index contributed by atoms with van der Waals surface area (Å²) < 4.78 is 5.17. The highest BCUT2D eigenvalue weighted by molar-refractivity contribution is 5.98. The van der Waals surface area contributed by atoms with Gasteiger partial charge in [0.1, 0.15) is 5.75 Å². The second-order valence-electron chi connectivity index (χ2n) is 7.09. The van der Waals surface area contributed by atoms with Crippen LogP contribution < -0.4 is 15.0 Å². The summed E-state index contributed by atoms with van der Waals surface area (Å²) in [5, 5.41) is 2.84. The van der Waals surface area contributed by atoms with Crippen molar-refractivity contribution >= 4 is 29.3 Å². The van der Waals surface area contributed by atoms with E-state index in [2.05, 4.69) is 10.2 Å². The minimum absolute atomic E-state index is 0.0187. The van der Waals surface area contributed by atoms with Crippen molar-refractivity contribution in [3.05, 3.63) is 60.2 Å². The van der Waals surface area contributed by atoms with Crippen LogP contribution in [0.4, 0.5) is 11.4 Å². The van der Waals surface area contributed by atoms with Gasteiger partial charge in [0, 0.05) is 37.6 Å². The Hall–Kier alpha value is -3.28. The average molecular weight is 393 g/mol. The van der Waals surface area contributed by atoms with E-state index in [-0.39, 0.29) is 18.4 Å². The predicted octanol–water partition coefficient (Wildman–Crippen LogP) is 3.41. The first-order valence-electron chi connectivity index (χ1n) is 9.77. The van der Waals surface area contributed by atoms with Crippen LogP contribution in [-0.2, 0) is 9.59 Å². The molecule has 1 N–H and O–H groups in total. The van der Waals surface area contributed by atoms with Crippen LogP contribution in [0.5, 0.6) is 5.75 Å². The van der Waals surface area contributed by atoms with Crippen molar-refractivity contribution in [2.24, 2.45) is 0 Å². The van der Waals surface area contributed by atoms with Gasteiger partial charge in [-0.15, -0.1) is 0 Å². The summed E-state index contributed by atoms with van der Waals surface area (Å²) in [6.07, 6.45) is 5.61. The molecule has 1 fully saturated rings. The summed E-state index contributed by atoms with van der Waals surface area (Å²) in [5.74, 6) is 0.250. The molecule has 0 bridgehead atoms. The maximum absolute atomic E-state index is 12.3. The molecule has 2 aromatic carbocycles. The molecule has 0 aromatic heterocycles. The maximum Gasteiger partial charge on any atom is 0.246 e. The molecule has 0 radical (unpaired) electrons. The fourth-order valence-corrected chi connectivity index (χ4v) is 3.26. The number of benzene rings is 2. The molecule has 1 heterocycles. The van der Waals surface area contributed by atoms with Gasteiger partial charge in [0.25, 0.3) is 0 Å². The van der Waals surface area contributed by atoms with Crippen molar-refractivity contribution in [2.45, 2.75) is 12.8 Å². The molecule has 0 unspecified atom stereocenters. The average Bonchev–Trinajstić information content (AvgIpc) is 3.27. The van der Waals surface area contributed by atoms with Crippen molar-refractivity contribution in [3.8, 4) is 5.75 Å². The number of amides is 2. The fourth-order valence-electron chi connectivity index (χ4n) is 3.26. The molecule has 2 aromatic rings. The lowest BCUT2D eigenvalue weighted by Gasteiger charge is -2.18. The standard InChI is InChI=1S/C23H27N3O3/c1-25(23(28)13-8-18-6-5-7-21(16-18)29-2)17-22(27)24-19-9-11-20(12-10-19)26-14-3-4-15-26/h5-13,16H,3-4,14-15,17H2,1-2H3,(H,24,27)/b13-8+. The van der Waals surface area contributed by atoms with Crippen molar-refractivity contribution in [1.82, 2.24) is 4.90 Å². The van der Waals surface area contributed by atoms with Crippen LogP contribution in [-0.4, -0.2) is 50.5 Å². The third kappa shape index (κ3) is 5.85. The highest BCUT2D eigenvalue weighted by Gasteiger charge is 2.13. The minimum Gasteiger partial charge on any atom is -0.497 e. The van der Waals surface area contributed by atoms with E-state index in [1.165, 1.54) is 29.5 Å². The molecule has 6 nitrogen and oxygen atoms in total. The zero-order valence-corrected chi connectivity index (χ0v) is 16.9. The van der Waals surface area contributed by atoms with Gasteiger partial charge in [-0.25, -0.2) is 0 Å². The highest BCUT2D eigenvalue weighted by Crippen LogP contribution is 2.22. The summed E-state index contributed by atoms with van der Waals surface area (Å²) in [6, 6.07) is 15.3. The van der Waals surface area contributed by atoms with Crippen LogP contribution in [0, 0.1) is 0 Å². The summed E-state index contributed by atoms with van der Waals surface area (Å²) in [5.41, 5.74) is 2.76. The number of nitrogens with zero attached hydrogens (tertiary/aromatic N) is 2. The van der Waals surface area contributed by atoms with E-state index >= 15 is 0 Å². The van der Waals surface area contributed by atoms with E-state index in [1.807, 2.05) is 48.5 Å². The highest BCUT2D eigenvalue weighted by atomic mass is 16.5. The van der Waals surface area contributed by atoms with E-state index < -0.39 is 0 Å². The smallest absolute Gasteiger partial charge is 0.246 e. The molecule has 152 valence electrons. The molecule has 1 aliphatic heterocycles. The molecule has 0 atom stereocenters. The number of likely N-dealkylation sites (N-methyl/N-ethyl adjacent to an activating group) is 1. The monoisotopic (exact) mass is 393 g/mol. The number of rotatable bonds is 7. The molecular weight excluding hydrogens is 366 g/mol. The lowest BCUT2D eigenvalue weighted by Crippen LogP contribution is -2.33. The lowest BCUT2D eigenvalue weighted by atomic mass is 10.2. The number of ether oxygens (including phenoxy) is 1. The van der Waals surface area contributed by atoms with Crippen LogP contribution in [0.3, 0.4) is 0 Å². The molecule has 1 aliphatic rings. The van der Waals surface area contributed by atoms with Crippen LogP contribution in [0.25, 0.3) is 6.08 Å². The van der Waals surface area contributed by atoms with Crippen molar-refractivity contribution in [2.75, 3.05) is 44.0 Å². The third-order valence-electron chi connectivity index (χ3n) is 4.89. The van der Waals surface area contributed by atoms with Crippen LogP contribution in [0.1, 0.15) is 18.4 Å². The molecule has 1 saturated heterocycles. The normalized spacial score (nSPS) is 13.5. The number of hydrogen-bond donors (Lipinski definition) is 1. The first-order valence-corrected chi connectivity index (χ1v) is 9.77. The maximum atomic E-state index is 12.3. The summed E-state index contributed by atoms with van der Waals surface area (Å²) in [6.45, 7) is 2.15. The van der Waals surface area contributed by atoms with Gasteiger partial charge in [0.05, 0.1) is 13.7 Å². The Kier molecular flexibility index (Phi) is 6.89. The number of anilines is 2. The summed E-state index contributed by atoms with van der Waals surface area (Å²) in [7, 11) is 3.20. The number of nitrogens with one attached hydrogen (secondary N) is 1. The predicted molar refractivity (Wildman–Crippen MR) is 116 cm³/mol. The zero-order valence-electron chi connectivity index (χ0n) is 16.9. The molecule has 0 aliphatic carbocycles. The Bertz CT molecular complexity index is 871. The summed E-state index contributed by atoms with van der Waals surface area (Å²) in [4.78, 5) is 28.3. The Labute approximate surface area is 171 Å². The van der Waals surface area contributed by atoms with E-state index in [1.54, 1.807) is 20.2 Å². The molecule has 0 spiro atoms. The van der Waals surface area contributed by atoms with Crippen LogP contribution in [0.2, 0.25) is 0 Å². The number of carbonyl (C=O) groups excluding carboxylic acids is 2. The first kappa shape index (κ1) is 20.5. The van der Waals surface area contributed by atoms with Crippen LogP contribution in [0.15, 0.2) is 54.6 Å². The summed E-state index contributed by atoms with van der Waals surface area (Å²) >= 11 is 0. The Morgan fingerprint density at radius 2 is 1.86 bits per heavy atom. The first-order chi connectivity index (χ1) is 14.0. The quantitative estimate of drug-likeness (QED) is 0.733. The van der Waals surface area contributed by atoms with Crippen molar-refractivity contribution in [3.63, 3.8) is 0 Å². The van der Waals surface area contributed by atoms with Gasteiger partial charge in [0.2, 0.25) is 11.8 Å². The third-order valence-corrected chi connectivity index (χ3v) is 4.89. The molecule has 29 heavy (non-hydrogen) atoms. The van der Waals surface area contributed by atoms with Gasteiger partial charge in [-0.2, -0.15) is 0 Å². The lowest BCUT2D eigenvalue weighted by molar-refractivity contribution is -0.129.